The number of benzene rings is 1. The van der Waals surface area contributed by atoms with E-state index >= 15 is 0 Å². The Bertz CT molecular complexity index is 908. The highest BCUT2D eigenvalue weighted by Crippen LogP contribution is 2.24. The lowest BCUT2D eigenvalue weighted by Crippen LogP contribution is -2.11. The molecular weight excluding hydrogens is 356 g/mol. The summed E-state index contributed by atoms with van der Waals surface area (Å²) in [5.74, 6) is 1.16. The minimum atomic E-state index is -0.169. The number of ether oxygens (including phenoxy) is 1. The molecule has 0 unspecified atom stereocenters. The summed E-state index contributed by atoms with van der Waals surface area (Å²) in [4.78, 5) is 17.1. The molecule has 2 heterocycles. The zero-order valence-corrected chi connectivity index (χ0v) is 15.4. The van der Waals surface area contributed by atoms with Crippen molar-refractivity contribution >= 4 is 34.7 Å². The molecule has 0 aliphatic carbocycles. The lowest BCUT2D eigenvalue weighted by Gasteiger charge is -2.08. The number of aromatic nitrogens is 1. The van der Waals surface area contributed by atoms with Crippen LogP contribution in [0.1, 0.15) is 26.4 Å². The van der Waals surface area contributed by atoms with Gasteiger partial charge in [0.2, 0.25) is 0 Å². The third-order valence-corrected chi connectivity index (χ3v) is 4.78. The predicted octanol–water partition coefficient (Wildman–Crippen LogP) is 5.24. The molecule has 6 heteroatoms. The van der Waals surface area contributed by atoms with Crippen molar-refractivity contribution in [2.24, 2.45) is 0 Å². The maximum absolute atomic E-state index is 12.3. The van der Waals surface area contributed by atoms with E-state index in [-0.39, 0.29) is 5.91 Å². The highest BCUT2D eigenvalue weighted by atomic mass is 35.5. The summed E-state index contributed by atoms with van der Waals surface area (Å²) in [6.45, 7) is 4.30. The van der Waals surface area contributed by atoms with Gasteiger partial charge in [-0.15, -0.1) is 11.3 Å². The van der Waals surface area contributed by atoms with E-state index in [1.54, 1.807) is 12.3 Å². The molecule has 25 heavy (non-hydrogen) atoms. The molecule has 0 saturated heterocycles. The molecule has 1 amide bonds. The van der Waals surface area contributed by atoms with Crippen LogP contribution in [-0.2, 0) is 6.61 Å². The fraction of sp³-hybridized carbons (Fsp3) is 0.158. The molecule has 0 aliphatic rings. The van der Waals surface area contributed by atoms with E-state index in [0.717, 1.165) is 22.4 Å². The van der Waals surface area contributed by atoms with E-state index in [2.05, 4.69) is 10.3 Å². The van der Waals surface area contributed by atoms with Crippen LogP contribution >= 0.6 is 22.9 Å². The minimum Gasteiger partial charge on any atom is -0.489 e. The molecule has 0 radical (unpaired) electrons. The maximum atomic E-state index is 12.3. The highest BCUT2D eigenvalue weighted by Gasteiger charge is 2.11. The van der Waals surface area contributed by atoms with Crippen molar-refractivity contribution in [3.8, 4) is 5.75 Å². The summed E-state index contributed by atoms with van der Waals surface area (Å²) in [5, 5.41) is 5.41. The van der Waals surface area contributed by atoms with E-state index in [1.807, 2.05) is 49.6 Å². The number of nitrogens with one attached hydrogen (secondary N) is 1. The van der Waals surface area contributed by atoms with Gasteiger partial charge in [-0.25, -0.2) is 4.98 Å². The van der Waals surface area contributed by atoms with Gasteiger partial charge in [-0.05, 0) is 66.8 Å². The van der Waals surface area contributed by atoms with Gasteiger partial charge in [0.15, 0.2) is 0 Å². The van der Waals surface area contributed by atoms with Crippen molar-refractivity contribution in [3.63, 3.8) is 0 Å². The van der Waals surface area contributed by atoms with Crippen molar-refractivity contribution in [1.29, 1.82) is 0 Å². The molecule has 0 saturated carbocycles. The number of hydrogen-bond acceptors (Lipinski definition) is 4. The Hall–Kier alpha value is -2.37. The first kappa shape index (κ1) is 17.5. The van der Waals surface area contributed by atoms with Crippen LogP contribution in [0.15, 0.2) is 48.0 Å². The number of halogens is 1. The number of nitrogens with zero attached hydrogens (tertiary/aromatic N) is 1. The van der Waals surface area contributed by atoms with Gasteiger partial charge in [-0.1, -0.05) is 11.6 Å². The van der Waals surface area contributed by atoms with Gasteiger partial charge >= 0.3 is 0 Å². The number of hydrogen-bond donors (Lipinski definition) is 1. The van der Waals surface area contributed by atoms with Gasteiger partial charge in [0.25, 0.3) is 5.91 Å². The van der Waals surface area contributed by atoms with Gasteiger partial charge in [-0.2, -0.15) is 0 Å². The Morgan fingerprint density at radius 1 is 1.24 bits per heavy atom. The SMILES string of the molecule is Cc1ccnc(NC(=O)c2cc(COc3ccc(Cl)cc3C)cs2)c1. The zero-order chi connectivity index (χ0) is 17.8. The number of anilines is 1. The van der Waals surface area contributed by atoms with E-state index in [9.17, 15) is 4.79 Å². The van der Waals surface area contributed by atoms with Crippen LogP contribution < -0.4 is 10.1 Å². The van der Waals surface area contributed by atoms with E-state index in [1.165, 1.54) is 11.3 Å². The van der Waals surface area contributed by atoms with Crippen LogP contribution in [0, 0.1) is 13.8 Å². The Morgan fingerprint density at radius 2 is 2.08 bits per heavy atom. The Labute approximate surface area is 155 Å². The normalized spacial score (nSPS) is 10.5. The van der Waals surface area contributed by atoms with Crippen LogP contribution in [0.3, 0.4) is 0 Å². The van der Waals surface area contributed by atoms with Crippen molar-refractivity contribution < 1.29 is 9.53 Å². The molecule has 1 N–H and O–H groups in total. The van der Waals surface area contributed by atoms with Crippen LogP contribution in [0.2, 0.25) is 5.02 Å². The molecule has 0 fully saturated rings. The maximum Gasteiger partial charge on any atom is 0.266 e. The number of carbonyl (C=O) groups excluding carboxylic acids is 1. The van der Waals surface area contributed by atoms with E-state index < -0.39 is 0 Å². The fourth-order valence-electron chi connectivity index (χ4n) is 2.29. The van der Waals surface area contributed by atoms with Gasteiger partial charge < -0.3 is 10.1 Å². The summed E-state index contributed by atoms with van der Waals surface area (Å²) in [7, 11) is 0. The minimum absolute atomic E-state index is 0.169. The van der Waals surface area contributed by atoms with Gasteiger partial charge in [0, 0.05) is 16.8 Å². The van der Waals surface area contributed by atoms with Crippen LogP contribution in [0.25, 0.3) is 0 Å². The third-order valence-electron chi connectivity index (χ3n) is 3.57. The summed E-state index contributed by atoms with van der Waals surface area (Å²) in [6.07, 6.45) is 1.67. The average molecular weight is 373 g/mol. The van der Waals surface area contributed by atoms with Crippen LogP contribution in [0.4, 0.5) is 5.82 Å². The molecule has 0 bridgehead atoms. The second kappa shape index (κ2) is 7.68. The largest absolute Gasteiger partial charge is 0.489 e. The lowest BCUT2D eigenvalue weighted by molar-refractivity contribution is 0.103. The quantitative estimate of drug-likeness (QED) is 0.665. The number of amides is 1. The Morgan fingerprint density at radius 3 is 2.84 bits per heavy atom. The van der Waals surface area contributed by atoms with Crippen molar-refractivity contribution in [2.75, 3.05) is 5.32 Å². The molecule has 4 nitrogen and oxygen atoms in total. The first-order chi connectivity index (χ1) is 12.0. The second-order valence-corrected chi connectivity index (χ2v) is 7.04. The first-order valence-electron chi connectivity index (χ1n) is 7.71. The van der Waals surface area contributed by atoms with Gasteiger partial charge in [0.1, 0.15) is 18.2 Å². The molecule has 3 rings (SSSR count). The summed E-state index contributed by atoms with van der Waals surface area (Å²) in [6, 6.07) is 11.1. The van der Waals surface area contributed by atoms with Crippen molar-refractivity contribution in [1.82, 2.24) is 4.98 Å². The first-order valence-corrected chi connectivity index (χ1v) is 8.97. The fourth-order valence-corrected chi connectivity index (χ4v) is 3.31. The molecule has 2 aromatic heterocycles. The number of pyridine rings is 1. The molecule has 0 atom stereocenters. The number of thiophene rings is 1. The van der Waals surface area contributed by atoms with E-state index in [0.29, 0.717) is 22.3 Å². The average Bonchev–Trinajstić information content (AvgIpc) is 3.03. The van der Waals surface area contributed by atoms with Crippen LogP contribution in [-0.4, -0.2) is 10.9 Å². The van der Waals surface area contributed by atoms with Crippen molar-refractivity contribution in [3.05, 3.63) is 74.6 Å². The Balaban J connectivity index is 1.62. The number of aryl methyl sites for hydroxylation is 2. The standard InChI is InChI=1S/C19H17ClN2O2S/c1-12-5-6-21-18(7-12)22-19(23)17-9-14(11-25-17)10-24-16-4-3-15(20)8-13(16)2/h3-9,11H,10H2,1-2H3,(H,21,22,23). The summed E-state index contributed by atoms with van der Waals surface area (Å²) >= 11 is 7.33. The molecule has 1 aromatic carbocycles. The summed E-state index contributed by atoms with van der Waals surface area (Å²) < 4.78 is 5.81. The zero-order valence-electron chi connectivity index (χ0n) is 13.9. The van der Waals surface area contributed by atoms with Gasteiger partial charge in [0.05, 0.1) is 4.88 Å². The molecule has 3 aromatic rings. The number of carbonyl (C=O) groups is 1. The topological polar surface area (TPSA) is 51.2 Å². The van der Waals surface area contributed by atoms with Gasteiger partial charge in [-0.3, -0.25) is 4.79 Å². The monoisotopic (exact) mass is 372 g/mol. The predicted molar refractivity (Wildman–Crippen MR) is 102 cm³/mol. The summed E-state index contributed by atoms with van der Waals surface area (Å²) in [5.41, 5.74) is 2.97. The molecule has 128 valence electrons. The second-order valence-electron chi connectivity index (χ2n) is 5.69. The molecule has 0 aliphatic heterocycles. The third kappa shape index (κ3) is 4.59. The van der Waals surface area contributed by atoms with E-state index in [4.69, 9.17) is 16.3 Å². The lowest BCUT2D eigenvalue weighted by atomic mass is 10.2. The van der Waals surface area contributed by atoms with Crippen LogP contribution in [0.5, 0.6) is 5.75 Å². The Kier molecular flexibility index (Phi) is 5.36. The highest BCUT2D eigenvalue weighted by molar-refractivity contribution is 7.12. The smallest absolute Gasteiger partial charge is 0.266 e. The number of rotatable bonds is 5. The molecular formula is C19H17ClN2O2S. The van der Waals surface area contributed by atoms with Crippen molar-refractivity contribution in [2.45, 2.75) is 20.5 Å². The molecule has 0 spiro atoms.